The molecule has 0 spiro atoms. The van der Waals surface area contributed by atoms with E-state index in [0.29, 0.717) is 5.56 Å². The van der Waals surface area contributed by atoms with Gasteiger partial charge in [0.05, 0.1) is 6.42 Å². The quantitative estimate of drug-likeness (QED) is 0.288. The Morgan fingerprint density at radius 1 is 1.40 bits per heavy atom. The van der Waals surface area contributed by atoms with Gasteiger partial charge in [-0.25, -0.2) is 4.39 Å². The maximum atomic E-state index is 13.1. The molecule has 3 N–H and O–H groups in total. The Hall–Kier alpha value is -1.83. The summed E-state index contributed by atoms with van der Waals surface area (Å²) in [4.78, 5) is 1.43. The zero-order valence-corrected chi connectivity index (χ0v) is 10.8. The van der Waals surface area contributed by atoms with Gasteiger partial charge in [-0.2, -0.15) is 13.2 Å². The number of nitrogens with zero attached hydrogens (tertiary/aromatic N) is 2. The van der Waals surface area contributed by atoms with Crippen LogP contribution in [0.15, 0.2) is 23.4 Å². The van der Waals surface area contributed by atoms with E-state index in [2.05, 4.69) is 5.16 Å². The lowest BCUT2D eigenvalue weighted by Gasteiger charge is -2.19. The SMILES string of the molecule is CN(CCC(F)(F)F)Cc1ccc(F)cc1C(N)=NO. The fraction of sp³-hybridized carbons (Fsp3) is 0.417. The average Bonchev–Trinajstić information content (AvgIpc) is 2.37. The smallest absolute Gasteiger partial charge is 0.390 e. The molecule has 0 saturated carbocycles. The van der Waals surface area contributed by atoms with Crippen LogP contribution in [0.25, 0.3) is 0 Å². The number of alkyl halides is 3. The summed E-state index contributed by atoms with van der Waals surface area (Å²) in [6.45, 7) is -0.0710. The van der Waals surface area contributed by atoms with Crippen molar-refractivity contribution in [1.29, 1.82) is 0 Å². The maximum absolute atomic E-state index is 13.1. The highest BCUT2D eigenvalue weighted by Gasteiger charge is 2.27. The van der Waals surface area contributed by atoms with Crippen molar-refractivity contribution in [3.63, 3.8) is 0 Å². The molecule has 0 amide bonds. The number of hydrogen-bond acceptors (Lipinski definition) is 3. The van der Waals surface area contributed by atoms with Crippen LogP contribution in [0.2, 0.25) is 0 Å². The standard InChI is InChI=1S/C12H15F4N3O/c1-19(5-4-12(14,15)16)7-8-2-3-9(13)6-10(8)11(17)18-20/h2-3,6,20H,4-5,7H2,1H3,(H2,17,18). The minimum absolute atomic E-state index is 0.127. The molecule has 0 radical (unpaired) electrons. The Bertz CT molecular complexity index is 488. The third kappa shape index (κ3) is 5.04. The molecule has 20 heavy (non-hydrogen) atoms. The van der Waals surface area contributed by atoms with Crippen LogP contribution in [0.1, 0.15) is 17.5 Å². The summed E-state index contributed by atoms with van der Waals surface area (Å²) in [5.41, 5.74) is 6.05. The summed E-state index contributed by atoms with van der Waals surface area (Å²) in [7, 11) is 1.51. The van der Waals surface area contributed by atoms with Crippen LogP contribution in [0.5, 0.6) is 0 Å². The first kappa shape index (κ1) is 16.2. The van der Waals surface area contributed by atoms with Crippen molar-refractivity contribution in [3.05, 3.63) is 35.1 Å². The third-order valence-electron chi connectivity index (χ3n) is 2.67. The van der Waals surface area contributed by atoms with Crippen LogP contribution in [0.4, 0.5) is 17.6 Å². The van der Waals surface area contributed by atoms with Gasteiger partial charge in [-0.15, -0.1) is 0 Å². The number of nitrogens with two attached hydrogens (primary N) is 1. The molecule has 4 nitrogen and oxygen atoms in total. The zero-order chi connectivity index (χ0) is 15.3. The first-order valence-corrected chi connectivity index (χ1v) is 5.74. The summed E-state index contributed by atoms with van der Waals surface area (Å²) in [6.07, 6.45) is -5.17. The fourth-order valence-corrected chi connectivity index (χ4v) is 1.67. The van der Waals surface area contributed by atoms with E-state index in [4.69, 9.17) is 10.9 Å². The highest BCUT2D eigenvalue weighted by molar-refractivity contribution is 5.98. The topological polar surface area (TPSA) is 61.8 Å². The Morgan fingerprint density at radius 3 is 2.60 bits per heavy atom. The van der Waals surface area contributed by atoms with Crippen LogP contribution in [0, 0.1) is 5.82 Å². The summed E-state index contributed by atoms with van der Waals surface area (Å²) in [6, 6.07) is 3.63. The molecule has 0 aliphatic heterocycles. The lowest BCUT2D eigenvalue weighted by atomic mass is 10.1. The predicted molar refractivity (Wildman–Crippen MR) is 65.9 cm³/mol. The highest BCUT2D eigenvalue weighted by atomic mass is 19.4. The molecule has 0 aliphatic rings. The van der Waals surface area contributed by atoms with E-state index < -0.39 is 18.4 Å². The third-order valence-corrected chi connectivity index (χ3v) is 2.67. The molecule has 1 rings (SSSR count). The van der Waals surface area contributed by atoms with E-state index in [1.807, 2.05) is 0 Å². The Kier molecular flexibility index (Phi) is 5.32. The number of benzene rings is 1. The van der Waals surface area contributed by atoms with Crippen LogP contribution in [-0.2, 0) is 6.54 Å². The van der Waals surface area contributed by atoms with Crippen LogP contribution >= 0.6 is 0 Å². The number of amidine groups is 1. The largest absolute Gasteiger partial charge is 0.409 e. The summed E-state index contributed by atoms with van der Waals surface area (Å²) >= 11 is 0. The van der Waals surface area contributed by atoms with Crippen LogP contribution < -0.4 is 5.73 Å². The number of oxime groups is 1. The summed E-state index contributed by atoms with van der Waals surface area (Å²) in [5.74, 6) is -0.864. The van der Waals surface area contributed by atoms with E-state index in [0.717, 1.165) is 6.07 Å². The van der Waals surface area contributed by atoms with Gasteiger partial charge in [0.15, 0.2) is 5.84 Å². The van der Waals surface area contributed by atoms with Crippen molar-refractivity contribution in [2.45, 2.75) is 19.1 Å². The van der Waals surface area contributed by atoms with E-state index >= 15 is 0 Å². The fourth-order valence-electron chi connectivity index (χ4n) is 1.67. The van der Waals surface area contributed by atoms with Crippen molar-refractivity contribution in [2.75, 3.05) is 13.6 Å². The number of hydrogen-bond donors (Lipinski definition) is 2. The van der Waals surface area contributed by atoms with E-state index in [9.17, 15) is 17.6 Å². The van der Waals surface area contributed by atoms with Gasteiger partial charge < -0.3 is 15.8 Å². The van der Waals surface area contributed by atoms with Gasteiger partial charge in [-0.1, -0.05) is 11.2 Å². The van der Waals surface area contributed by atoms with Crippen molar-refractivity contribution in [3.8, 4) is 0 Å². The molecule has 0 aliphatic carbocycles. The van der Waals surface area contributed by atoms with Gasteiger partial charge in [0.2, 0.25) is 0 Å². The molecule has 0 heterocycles. The monoisotopic (exact) mass is 293 g/mol. The second-order valence-electron chi connectivity index (χ2n) is 4.39. The molecule has 112 valence electrons. The molecule has 1 aromatic carbocycles. The Balaban J connectivity index is 2.82. The van der Waals surface area contributed by atoms with Crippen molar-refractivity contribution < 1.29 is 22.8 Å². The Labute approximate surface area is 113 Å². The Morgan fingerprint density at radius 2 is 2.05 bits per heavy atom. The molecule has 1 aromatic rings. The minimum atomic E-state index is -4.23. The first-order chi connectivity index (χ1) is 9.23. The lowest BCUT2D eigenvalue weighted by Crippen LogP contribution is -2.26. The molecule has 0 bridgehead atoms. The van der Waals surface area contributed by atoms with Crippen LogP contribution in [0.3, 0.4) is 0 Å². The van der Waals surface area contributed by atoms with Gasteiger partial charge >= 0.3 is 6.18 Å². The van der Waals surface area contributed by atoms with Crippen molar-refractivity contribution in [2.24, 2.45) is 10.9 Å². The van der Waals surface area contributed by atoms with Gasteiger partial charge in [0.25, 0.3) is 0 Å². The van der Waals surface area contributed by atoms with Gasteiger partial charge in [-0.3, -0.25) is 0 Å². The van der Waals surface area contributed by atoms with E-state index in [1.165, 1.54) is 24.1 Å². The minimum Gasteiger partial charge on any atom is -0.409 e. The zero-order valence-electron chi connectivity index (χ0n) is 10.8. The van der Waals surface area contributed by atoms with Gasteiger partial charge in [-0.05, 0) is 24.7 Å². The second-order valence-corrected chi connectivity index (χ2v) is 4.39. The molecular formula is C12H15F4N3O. The molecule has 0 atom stereocenters. The molecule has 0 unspecified atom stereocenters. The molecule has 0 saturated heterocycles. The van der Waals surface area contributed by atoms with Gasteiger partial charge in [0.1, 0.15) is 5.82 Å². The van der Waals surface area contributed by atoms with Crippen molar-refractivity contribution in [1.82, 2.24) is 4.90 Å². The molecular weight excluding hydrogens is 278 g/mol. The molecule has 8 heteroatoms. The second kappa shape index (κ2) is 6.56. The van der Waals surface area contributed by atoms with Crippen molar-refractivity contribution >= 4 is 5.84 Å². The predicted octanol–water partition coefficient (Wildman–Crippen LogP) is 2.30. The normalized spacial score (nSPS) is 13.0. The number of rotatable bonds is 5. The highest BCUT2D eigenvalue weighted by Crippen LogP contribution is 2.20. The summed E-state index contributed by atoms with van der Waals surface area (Å²) in [5, 5.41) is 11.4. The van der Waals surface area contributed by atoms with E-state index in [1.54, 1.807) is 0 Å². The lowest BCUT2D eigenvalue weighted by molar-refractivity contribution is -0.137. The molecule has 0 fully saturated rings. The number of halogens is 4. The van der Waals surface area contributed by atoms with Crippen LogP contribution in [-0.4, -0.2) is 35.7 Å². The van der Waals surface area contributed by atoms with Gasteiger partial charge in [0, 0.05) is 18.7 Å². The average molecular weight is 293 g/mol. The molecule has 0 aromatic heterocycles. The van der Waals surface area contributed by atoms with E-state index in [-0.39, 0.29) is 24.5 Å². The summed E-state index contributed by atoms with van der Waals surface area (Å²) < 4.78 is 49.5. The first-order valence-electron chi connectivity index (χ1n) is 5.74. The maximum Gasteiger partial charge on any atom is 0.390 e.